The van der Waals surface area contributed by atoms with Crippen LogP contribution in [0.3, 0.4) is 0 Å². The maximum Gasteiger partial charge on any atom is 0.273 e. The molecule has 1 heterocycles. The third-order valence-corrected chi connectivity index (χ3v) is 2.72. The first-order valence-corrected chi connectivity index (χ1v) is 5.35. The molecule has 6 nitrogen and oxygen atoms in total. The van der Waals surface area contributed by atoms with Crippen molar-refractivity contribution in [1.29, 1.82) is 0 Å². The number of hydrogen-bond acceptors (Lipinski definition) is 5. The van der Waals surface area contributed by atoms with E-state index in [1.165, 1.54) is 12.1 Å². The SMILES string of the molecule is COC1CNCC1Oc1cccc([N+](=O)[O-])c1. The summed E-state index contributed by atoms with van der Waals surface area (Å²) in [5.41, 5.74) is 0.0300. The quantitative estimate of drug-likeness (QED) is 0.624. The lowest BCUT2D eigenvalue weighted by molar-refractivity contribution is -0.385. The molecule has 0 aromatic heterocycles. The van der Waals surface area contributed by atoms with Gasteiger partial charge in [-0.25, -0.2) is 0 Å². The fourth-order valence-corrected chi connectivity index (χ4v) is 1.83. The molecule has 0 aliphatic carbocycles. The number of rotatable bonds is 4. The number of nitrogens with zero attached hydrogens (tertiary/aromatic N) is 1. The molecule has 2 unspecified atom stereocenters. The molecule has 1 aromatic carbocycles. The van der Waals surface area contributed by atoms with Crippen LogP contribution in [0.5, 0.6) is 5.75 Å². The van der Waals surface area contributed by atoms with Gasteiger partial charge in [0.15, 0.2) is 0 Å². The molecule has 1 saturated heterocycles. The van der Waals surface area contributed by atoms with E-state index in [9.17, 15) is 10.1 Å². The van der Waals surface area contributed by atoms with Crippen LogP contribution in [0.25, 0.3) is 0 Å². The Bertz CT molecular complexity index is 410. The zero-order valence-corrected chi connectivity index (χ0v) is 9.46. The normalized spacial score (nSPS) is 23.6. The van der Waals surface area contributed by atoms with E-state index in [0.717, 1.165) is 6.54 Å². The van der Waals surface area contributed by atoms with Crippen molar-refractivity contribution < 1.29 is 14.4 Å². The van der Waals surface area contributed by atoms with E-state index in [0.29, 0.717) is 12.3 Å². The van der Waals surface area contributed by atoms with Crippen molar-refractivity contribution in [2.45, 2.75) is 12.2 Å². The molecule has 1 aliphatic heterocycles. The number of methoxy groups -OCH3 is 1. The molecule has 0 spiro atoms. The van der Waals surface area contributed by atoms with Gasteiger partial charge in [-0.05, 0) is 6.07 Å². The van der Waals surface area contributed by atoms with Crippen LogP contribution in [-0.2, 0) is 4.74 Å². The summed E-state index contributed by atoms with van der Waals surface area (Å²) < 4.78 is 10.9. The summed E-state index contributed by atoms with van der Waals surface area (Å²) in [7, 11) is 1.63. The largest absolute Gasteiger partial charge is 0.486 e. The van der Waals surface area contributed by atoms with Gasteiger partial charge in [0, 0.05) is 26.3 Å². The second kappa shape index (κ2) is 5.11. The Labute approximate surface area is 98.7 Å². The Morgan fingerprint density at radius 1 is 1.41 bits per heavy atom. The summed E-state index contributed by atoms with van der Waals surface area (Å²) in [4.78, 5) is 10.2. The summed E-state index contributed by atoms with van der Waals surface area (Å²) in [5.74, 6) is 0.495. The van der Waals surface area contributed by atoms with Gasteiger partial charge >= 0.3 is 0 Å². The number of benzene rings is 1. The average molecular weight is 238 g/mol. The van der Waals surface area contributed by atoms with Gasteiger partial charge in [0.05, 0.1) is 11.0 Å². The molecular formula is C11H14N2O4. The minimum atomic E-state index is -0.437. The summed E-state index contributed by atoms with van der Waals surface area (Å²) in [6, 6.07) is 6.17. The Morgan fingerprint density at radius 2 is 2.18 bits per heavy atom. The Hall–Kier alpha value is -1.66. The Kier molecular flexibility index (Phi) is 3.55. The van der Waals surface area contributed by atoms with Gasteiger partial charge in [0.25, 0.3) is 5.69 Å². The minimum absolute atomic E-state index is 0.0192. The van der Waals surface area contributed by atoms with E-state index in [2.05, 4.69) is 5.32 Å². The lowest BCUT2D eigenvalue weighted by Gasteiger charge is -2.18. The third-order valence-electron chi connectivity index (χ3n) is 2.72. The summed E-state index contributed by atoms with van der Waals surface area (Å²) in [6.07, 6.45) is -0.128. The smallest absolute Gasteiger partial charge is 0.273 e. The van der Waals surface area contributed by atoms with E-state index in [4.69, 9.17) is 9.47 Å². The maximum absolute atomic E-state index is 10.6. The molecule has 1 fully saturated rings. The minimum Gasteiger partial charge on any atom is -0.486 e. The summed E-state index contributed by atoms with van der Waals surface area (Å²) >= 11 is 0. The van der Waals surface area contributed by atoms with E-state index in [1.54, 1.807) is 19.2 Å². The zero-order valence-electron chi connectivity index (χ0n) is 9.46. The van der Waals surface area contributed by atoms with Crippen molar-refractivity contribution in [2.75, 3.05) is 20.2 Å². The van der Waals surface area contributed by atoms with Crippen LogP contribution >= 0.6 is 0 Å². The lowest BCUT2D eigenvalue weighted by Crippen LogP contribution is -2.31. The molecule has 0 bridgehead atoms. The molecule has 0 saturated carbocycles. The highest BCUT2D eigenvalue weighted by Gasteiger charge is 2.28. The first-order chi connectivity index (χ1) is 8.20. The van der Waals surface area contributed by atoms with Crippen LogP contribution in [0.4, 0.5) is 5.69 Å². The number of nitro groups is 1. The van der Waals surface area contributed by atoms with Crippen molar-refractivity contribution in [2.24, 2.45) is 0 Å². The fourth-order valence-electron chi connectivity index (χ4n) is 1.83. The monoisotopic (exact) mass is 238 g/mol. The molecule has 1 aliphatic rings. The van der Waals surface area contributed by atoms with E-state index >= 15 is 0 Å². The zero-order chi connectivity index (χ0) is 12.3. The van der Waals surface area contributed by atoms with Crippen LogP contribution in [0.2, 0.25) is 0 Å². The Morgan fingerprint density at radius 3 is 2.88 bits per heavy atom. The predicted octanol–water partition coefficient (Wildman–Crippen LogP) is 0.960. The van der Waals surface area contributed by atoms with Gasteiger partial charge in [-0.1, -0.05) is 6.07 Å². The third kappa shape index (κ3) is 2.72. The fraction of sp³-hybridized carbons (Fsp3) is 0.455. The molecule has 6 heteroatoms. The van der Waals surface area contributed by atoms with E-state index in [-0.39, 0.29) is 17.9 Å². The number of nitro benzene ring substituents is 1. The molecule has 92 valence electrons. The van der Waals surface area contributed by atoms with Crippen molar-refractivity contribution >= 4 is 5.69 Å². The molecular weight excluding hydrogens is 224 g/mol. The first kappa shape index (κ1) is 11.8. The van der Waals surface area contributed by atoms with Gasteiger partial charge in [-0.2, -0.15) is 0 Å². The van der Waals surface area contributed by atoms with Gasteiger partial charge in [0.1, 0.15) is 18.0 Å². The predicted molar refractivity (Wildman–Crippen MR) is 61.2 cm³/mol. The summed E-state index contributed by atoms with van der Waals surface area (Å²) in [5, 5.41) is 13.8. The number of non-ortho nitro benzene ring substituents is 1. The van der Waals surface area contributed by atoms with Crippen molar-refractivity contribution in [3.05, 3.63) is 34.4 Å². The number of ether oxygens (including phenoxy) is 2. The average Bonchev–Trinajstić information content (AvgIpc) is 2.76. The second-order valence-corrected chi connectivity index (χ2v) is 3.84. The summed E-state index contributed by atoms with van der Waals surface area (Å²) in [6.45, 7) is 1.41. The molecule has 0 radical (unpaired) electrons. The van der Waals surface area contributed by atoms with Crippen LogP contribution in [0.15, 0.2) is 24.3 Å². The standard InChI is InChI=1S/C11H14N2O4/c1-16-10-6-12-7-11(10)17-9-4-2-3-8(5-9)13(14)15/h2-5,10-12H,6-7H2,1H3. The van der Waals surface area contributed by atoms with Crippen molar-refractivity contribution in [3.8, 4) is 5.75 Å². The molecule has 1 N–H and O–H groups in total. The van der Waals surface area contributed by atoms with Crippen LogP contribution < -0.4 is 10.1 Å². The van der Waals surface area contributed by atoms with Gasteiger partial charge in [-0.15, -0.1) is 0 Å². The molecule has 2 atom stereocenters. The lowest BCUT2D eigenvalue weighted by atomic mass is 10.2. The van der Waals surface area contributed by atoms with Crippen LogP contribution in [0.1, 0.15) is 0 Å². The highest BCUT2D eigenvalue weighted by molar-refractivity contribution is 5.38. The Balaban J connectivity index is 2.07. The second-order valence-electron chi connectivity index (χ2n) is 3.84. The van der Waals surface area contributed by atoms with Gasteiger partial charge < -0.3 is 14.8 Å². The van der Waals surface area contributed by atoms with Crippen molar-refractivity contribution in [3.63, 3.8) is 0 Å². The first-order valence-electron chi connectivity index (χ1n) is 5.35. The van der Waals surface area contributed by atoms with Crippen LogP contribution in [0, 0.1) is 10.1 Å². The van der Waals surface area contributed by atoms with E-state index in [1.807, 2.05) is 0 Å². The molecule has 1 aromatic rings. The number of nitrogens with one attached hydrogen (secondary N) is 1. The highest BCUT2D eigenvalue weighted by atomic mass is 16.6. The van der Waals surface area contributed by atoms with Gasteiger partial charge in [0.2, 0.25) is 0 Å². The maximum atomic E-state index is 10.6. The topological polar surface area (TPSA) is 73.6 Å². The van der Waals surface area contributed by atoms with Crippen LogP contribution in [-0.4, -0.2) is 37.3 Å². The van der Waals surface area contributed by atoms with Gasteiger partial charge in [-0.3, -0.25) is 10.1 Å². The molecule has 17 heavy (non-hydrogen) atoms. The molecule has 0 amide bonds. The van der Waals surface area contributed by atoms with Crippen molar-refractivity contribution in [1.82, 2.24) is 5.32 Å². The highest BCUT2D eigenvalue weighted by Crippen LogP contribution is 2.21. The number of hydrogen-bond donors (Lipinski definition) is 1. The van der Waals surface area contributed by atoms with E-state index < -0.39 is 4.92 Å². The molecule has 2 rings (SSSR count).